The fourth-order valence-electron chi connectivity index (χ4n) is 1.95. The molecule has 2 heteroatoms. The molecule has 0 radical (unpaired) electrons. The van der Waals surface area contributed by atoms with Gasteiger partial charge in [-0.15, -0.1) is 0 Å². The quantitative estimate of drug-likeness (QED) is 0.871. The number of nitrogens with two attached hydrogens (primary N) is 1. The van der Waals surface area contributed by atoms with Crippen molar-refractivity contribution in [1.29, 1.82) is 0 Å². The molecule has 2 rings (SSSR count). The van der Waals surface area contributed by atoms with Gasteiger partial charge in [0.25, 0.3) is 0 Å². The zero-order valence-corrected chi connectivity index (χ0v) is 9.97. The molecule has 0 amide bonds. The van der Waals surface area contributed by atoms with Crippen molar-refractivity contribution in [1.82, 2.24) is 0 Å². The average Bonchev–Trinajstić information content (AvgIpc) is 2.40. The zero-order valence-electron chi connectivity index (χ0n) is 9.97. The summed E-state index contributed by atoms with van der Waals surface area (Å²) < 4.78 is 5.32. The van der Waals surface area contributed by atoms with Crippen LogP contribution in [0.5, 0.6) is 5.75 Å². The van der Waals surface area contributed by atoms with E-state index in [9.17, 15) is 0 Å². The van der Waals surface area contributed by atoms with Crippen LogP contribution in [0.1, 0.15) is 17.2 Å². The minimum atomic E-state index is -0.0338. The monoisotopic (exact) mass is 227 g/mol. The average molecular weight is 227 g/mol. The molecule has 0 spiro atoms. The van der Waals surface area contributed by atoms with Gasteiger partial charge in [0.15, 0.2) is 0 Å². The van der Waals surface area contributed by atoms with Crippen LogP contribution in [-0.2, 0) is 6.42 Å². The molecule has 17 heavy (non-hydrogen) atoms. The first-order chi connectivity index (χ1) is 8.31. The number of para-hydroxylation sites is 1. The van der Waals surface area contributed by atoms with Gasteiger partial charge >= 0.3 is 0 Å². The van der Waals surface area contributed by atoms with Gasteiger partial charge in [-0.2, -0.15) is 0 Å². The van der Waals surface area contributed by atoms with Crippen molar-refractivity contribution < 1.29 is 4.74 Å². The molecule has 0 aliphatic carbocycles. The standard InChI is InChI=1S/C15H17NO/c1-17-15-10-6-5-9-13(15)14(16)11-12-7-3-2-4-8-12/h2-10,14H,11,16H2,1H3. The third-order valence-electron chi connectivity index (χ3n) is 2.84. The Morgan fingerprint density at radius 2 is 1.65 bits per heavy atom. The number of rotatable bonds is 4. The SMILES string of the molecule is COc1ccccc1C(N)Cc1ccccc1. The Hall–Kier alpha value is -1.80. The van der Waals surface area contributed by atoms with Crippen LogP contribution in [0.3, 0.4) is 0 Å². The molecule has 0 aliphatic heterocycles. The highest BCUT2D eigenvalue weighted by Crippen LogP contribution is 2.25. The van der Waals surface area contributed by atoms with Crippen LogP contribution in [0, 0.1) is 0 Å². The van der Waals surface area contributed by atoms with E-state index >= 15 is 0 Å². The summed E-state index contributed by atoms with van der Waals surface area (Å²) in [7, 11) is 1.67. The molecule has 0 heterocycles. The van der Waals surface area contributed by atoms with E-state index in [0.29, 0.717) is 0 Å². The van der Waals surface area contributed by atoms with E-state index in [-0.39, 0.29) is 6.04 Å². The van der Waals surface area contributed by atoms with Crippen molar-refractivity contribution >= 4 is 0 Å². The molecule has 2 N–H and O–H groups in total. The number of hydrogen-bond donors (Lipinski definition) is 1. The maximum Gasteiger partial charge on any atom is 0.123 e. The second kappa shape index (κ2) is 5.51. The summed E-state index contributed by atoms with van der Waals surface area (Å²) in [4.78, 5) is 0. The number of methoxy groups -OCH3 is 1. The van der Waals surface area contributed by atoms with Crippen LogP contribution in [0.15, 0.2) is 54.6 Å². The Balaban J connectivity index is 2.17. The Morgan fingerprint density at radius 3 is 2.35 bits per heavy atom. The molecule has 1 atom stereocenters. The Labute approximate surface area is 102 Å². The zero-order chi connectivity index (χ0) is 12.1. The molecule has 0 fully saturated rings. The maximum atomic E-state index is 6.22. The second-order valence-corrected chi connectivity index (χ2v) is 4.04. The van der Waals surface area contributed by atoms with E-state index in [0.717, 1.165) is 17.7 Å². The summed E-state index contributed by atoms with van der Waals surface area (Å²) in [5.74, 6) is 0.857. The Kier molecular flexibility index (Phi) is 3.78. The normalized spacial score (nSPS) is 12.1. The first kappa shape index (κ1) is 11.7. The Bertz CT molecular complexity index is 467. The third kappa shape index (κ3) is 2.86. The number of ether oxygens (including phenoxy) is 1. The van der Waals surface area contributed by atoms with Gasteiger partial charge in [-0.05, 0) is 18.1 Å². The highest BCUT2D eigenvalue weighted by atomic mass is 16.5. The summed E-state index contributed by atoms with van der Waals surface area (Å²) in [5.41, 5.74) is 8.52. The molecule has 0 bridgehead atoms. The minimum Gasteiger partial charge on any atom is -0.496 e. The van der Waals surface area contributed by atoms with E-state index in [2.05, 4.69) is 12.1 Å². The second-order valence-electron chi connectivity index (χ2n) is 4.04. The smallest absolute Gasteiger partial charge is 0.123 e. The van der Waals surface area contributed by atoms with Crippen molar-refractivity contribution in [2.45, 2.75) is 12.5 Å². The molecule has 88 valence electrons. The molecular formula is C15H17NO. The molecule has 2 aromatic carbocycles. The predicted octanol–water partition coefficient (Wildman–Crippen LogP) is 2.94. The van der Waals surface area contributed by atoms with Crippen LogP contribution >= 0.6 is 0 Å². The fraction of sp³-hybridized carbons (Fsp3) is 0.200. The van der Waals surface area contributed by atoms with Crippen LogP contribution < -0.4 is 10.5 Å². The third-order valence-corrected chi connectivity index (χ3v) is 2.84. The van der Waals surface area contributed by atoms with Gasteiger partial charge in [-0.1, -0.05) is 48.5 Å². The summed E-state index contributed by atoms with van der Waals surface area (Å²) in [6, 6.07) is 18.1. The highest BCUT2D eigenvalue weighted by Gasteiger charge is 2.11. The van der Waals surface area contributed by atoms with Crippen LogP contribution in [0.25, 0.3) is 0 Å². The van der Waals surface area contributed by atoms with Crippen molar-refractivity contribution in [3.05, 3.63) is 65.7 Å². The van der Waals surface area contributed by atoms with Gasteiger partial charge < -0.3 is 10.5 Å². The van der Waals surface area contributed by atoms with Crippen molar-refractivity contribution in [3.63, 3.8) is 0 Å². The van der Waals surface area contributed by atoms with Gasteiger partial charge in [0.1, 0.15) is 5.75 Å². The van der Waals surface area contributed by atoms with E-state index in [4.69, 9.17) is 10.5 Å². The van der Waals surface area contributed by atoms with Gasteiger partial charge in [-0.3, -0.25) is 0 Å². The first-order valence-corrected chi connectivity index (χ1v) is 5.73. The number of benzene rings is 2. The maximum absolute atomic E-state index is 6.22. The van der Waals surface area contributed by atoms with Crippen LogP contribution in [0.4, 0.5) is 0 Å². The van der Waals surface area contributed by atoms with Crippen LogP contribution in [0.2, 0.25) is 0 Å². The van der Waals surface area contributed by atoms with E-state index < -0.39 is 0 Å². The van der Waals surface area contributed by atoms with Crippen molar-refractivity contribution in [2.24, 2.45) is 5.73 Å². The molecular weight excluding hydrogens is 210 g/mol. The molecule has 2 nitrogen and oxygen atoms in total. The van der Waals surface area contributed by atoms with E-state index in [1.54, 1.807) is 7.11 Å². The number of hydrogen-bond acceptors (Lipinski definition) is 2. The first-order valence-electron chi connectivity index (χ1n) is 5.73. The summed E-state index contributed by atoms with van der Waals surface area (Å²) in [5, 5.41) is 0. The summed E-state index contributed by atoms with van der Waals surface area (Å²) in [6.45, 7) is 0. The largest absolute Gasteiger partial charge is 0.496 e. The topological polar surface area (TPSA) is 35.2 Å². The van der Waals surface area contributed by atoms with Gasteiger partial charge in [0.2, 0.25) is 0 Å². The summed E-state index contributed by atoms with van der Waals surface area (Å²) in [6.07, 6.45) is 0.821. The molecule has 0 aromatic heterocycles. The summed E-state index contributed by atoms with van der Waals surface area (Å²) >= 11 is 0. The predicted molar refractivity (Wildman–Crippen MR) is 70.1 cm³/mol. The van der Waals surface area contributed by atoms with E-state index in [1.165, 1.54) is 5.56 Å². The molecule has 0 aliphatic rings. The molecule has 0 saturated carbocycles. The molecule has 1 unspecified atom stereocenters. The lowest BCUT2D eigenvalue weighted by molar-refractivity contribution is 0.405. The van der Waals surface area contributed by atoms with Crippen molar-refractivity contribution in [2.75, 3.05) is 7.11 Å². The minimum absolute atomic E-state index is 0.0338. The van der Waals surface area contributed by atoms with E-state index in [1.807, 2.05) is 42.5 Å². The van der Waals surface area contributed by atoms with Crippen LogP contribution in [-0.4, -0.2) is 7.11 Å². The molecule has 0 saturated heterocycles. The van der Waals surface area contributed by atoms with Gasteiger partial charge in [-0.25, -0.2) is 0 Å². The Morgan fingerprint density at radius 1 is 1.00 bits per heavy atom. The lowest BCUT2D eigenvalue weighted by atomic mass is 9.99. The van der Waals surface area contributed by atoms with Gasteiger partial charge in [0.05, 0.1) is 7.11 Å². The molecule has 2 aromatic rings. The van der Waals surface area contributed by atoms with Crippen molar-refractivity contribution in [3.8, 4) is 5.75 Å². The lowest BCUT2D eigenvalue weighted by Crippen LogP contribution is -2.14. The van der Waals surface area contributed by atoms with Gasteiger partial charge in [0, 0.05) is 11.6 Å². The highest BCUT2D eigenvalue weighted by molar-refractivity contribution is 5.36. The lowest BCUT2D eigenvalue weighted by Gasteiger charge is -2.15. The fourth-order valence-corrected chi connectivity index (χ4v) is 1.95.